The van der Waals surface area contributed by atoms with Gasteiger partial charge in [0, 0.05) is 25.7 Å². The highest BCUT2D eigenvalue weighted by atomic mass is 32.2. The molecule has 2 aromatic carbocycles. The van der Waals surface area contributed by atoms with E-state index in [1.165, 1.54) is 24.2 Å². The van der Waals surface area contributed by atoms with Crippen molar-refractivity contribution in [1.29, 1.82) is 0 Å². The third kappa shape index (κ3) is 6.08. The number of hydrogen-bond donors (Lipinski definition) is 1. The summed E-state index contributed by atoms with van der Waals surface area (Å²) in [5.41, 5.74) is 2.04. The predicted octanol–water partition coefficient (Wildman–Crippen LogP) is 3.67. The van der Waals surface area contributed by atoms with E-state index in [1.54, 1.807) is 48.5 Å². The molecule has 1 amide bonds. The van der Waals surface area contributed by atoms with E-state index in [9.17, 15) is 13.2 Å². The van der Waals surface area contributed by atoms with E-state index in [0.717, 1.165) is 37.5 Å². The maximum Gasteiger partial charge on any atom is 0.264 e. The summed E-state index contributed by atoms with van der Waals surface area (Å²) in [5.74, 6) is 0.623. The summed E-state index contributed by atoms with van der Waals surface area (Å²) in [6.45, 7) is 8.14. The summed E-state index contributed by atoms with van der Waals surface area (Å²) in [6.07, 6.45) is 3.49. The standard InChI is InChI=1S/C24H33N3O3S/c1-19-7-13-23(14-8-19)31(29,30)26(3)22-11-9-21(10-12-22)24(28)25-15-5-17-27-16-4-6-20(2)18-27/h7-14,20H,4-6,15-18H2,1-3H3,(H,25,28). The molecule has 1 heterocycles. The lowest BCUT2D eigenvalue weighted by Gasteiger charge is -2.30. The zero-order valence-electron chi connectivity index (χ0n) is 18.7. The van der Waals surface area contributed by atoms with Crippen molar-refractivity contribution in [2.24, 2.45) is 5.92 Å². The summed E-state index contributed by atoms with van der Waals surface area (Å²) in [7, 11) is -2.13. The lowest BCUT2D eigenvalue weighted by Crippen LogP contribution is -2.36. The molecule has 6 nitrogen and oxygen atoms in total. The Morgan fingerprint density at radius 3 is 2.45 bits per heavy atom. The van der Waals surface area contributed by atoms with Gasteiger partial charge in [-0.15, -0.1) is 0 Å². The summed E-state index contributed by atoms with van der Waals surface area (Å²) in [4.78, 5) is 15.1. The molecule has 31 heavy (non-hydrogen) atoms. The van der Waals surface area contributed by atoms with Crippen LogP contribution in [0.15, 0.2) is 53.4 Å². The highest BCUT2D eigenvalue weighted by Gasteiger charge is 2.21. The Kier molecular flexibility index (Phi) is 7.73. The van der Waals surface area contributed by atoms with E-state index in [0.29, 0.717) is 17.8 Å². The van der Waals surface area contributed by atoms with Crippen LogP contribution in [0.4, 0.5) is 5.69 Å². The average molecular weight is 444 g/mol. The first-order chi connectivity index (χ1) is 14.8. The van der Waals surface area contributed by atoms with Gasteiger partial charge in [0.15, 0.2) is 0 Å². The maximum absolute atomic E-state index is 12.8. The van der Waals surface area contributed by atoms with Gasteiger partial charge in [-0.2, -0.15) is 0 Å². The second-order valence-corrected chi connectivity index (χ2v) is 10.5. The minimum Gasteiger partial charge on any atom is -0.352 e. The largest absolute Gasteiger partial charge is 0.352 e. The van der Waals surface area contributed by atoms with Crippen molar-refractivity contribution in [1.82, 2.24) is 10.2 Å². The van der Waals surface area contributed by atoms with Crippen LogP contribution in [0.2, 0.25) is 0 Å². The van der Waals surface area contributed by atoms with Crippen LogP contribution in [-0.2, 0) is 10.0 Å². The molecule has 7 heteroatoms. The number of nitrogens with zero attached hydrogens (tertiary/aromatic N) is 2. The van der Waals surface area contributed by atoms with Gasteiger partial charge in [-0.05, 0) is 81.6 Å². The zero-order chi connectivity index (χ0) is 22.4. The molecule has 0 saturated carbocycles. The van der Waals surface area contributed by atoms with Crippen molar-refractivity contribution in [2.75, 3.05) is 37.5 Å². The van der Waals surface area contributed by atoms with Crippen LogP contribution in [0.3, 0.4) is 0 Å². The van der Waals surface area contributed by atoms with Gasteiger partial charge in [0.05, 0.1) is 10.6 Å². The van der Waals surface area contributed by atoms with Crippen LogP contribution in [-0.4, -0.2) is 52.5 Å². The van der Waals surface area contributed by atoms with Gasteiger partial charge in [0.1, 0.15) is 0 Å². The van der Waals surface area contributed by atoms with Gasteiger partial charge < -0.3 is 10.2 Å². The zero-order valence-corrected chi connectivity index (χ0v) is 19.5. The van der Waals surface area contributed by atoms with Crippen molar-refractivity contribution >= 4 is 21.6 Å². The fourth-order valence-corrected chi connectivity index (χ4v) is 5.12. The van der Waals surface area contributed by atoms with Gasteiger partial charge in [0.2, 0.25) is 0 Å². The highest BCUT2D eigenvalue weighted by Crippen LogP contribution is 2.22. The van der Waals surface area contributed by atoms with Crippen LogP contribution >= 0.6 is 0 Å². The third-order valence-electron chi connectivity index (χ3n) is 5.85. The summed E-state index contributed by atoms with van der Waals surface area (Å²) in [5, 5.41) is 2.96. The molecular weight excluding hydrogens is 410 g/mol. The Balaban J connectivity index is 1.53. The molecule has 1 saturated heterocycles. The van der Waals surface area contributed by atoms with Crippen molar-refractivity contribution < 1.29 is 13.2 Å². The first-order valence-electron chi connectivity index (χ1n) is 10.9. The molecule has 1 fully saturated rings. The molecular formula is C24H33N3O3S. The average Bonchev–Trinajstić information content (AvgIpc) is 2.76. The molecule has 0 radical (unpaired) electrons. The SMILES string of the molecule is Cc1ccc(S(=O)(=O)N(C)c2ccc(C(=O)NCCCN3CCCC(C)C3)cc2)cc1. The molecule has 3 rings (SSSR count). The molecule has 0 aliphatic carbocycles. The van der Waals surface area contributed by atoms with Crippen LogP contribution in [0, 0.1) is 12.8 Å². The number of amides is 1. The van der Waals surface area contributed by atoms with Crippen LogP contribution in [0.25, 0.3) is 0 Å². The van der Waals surface area contributed by atoms with Gasteiger partial charge in [-0.25, -0.2) is 8.42 Å². The molecule has 1 N–H and O–H groups in total. The molecule has 168 valence electrons. The summed E-state index contributed by atoms with van der Waals surface area (Å²) in [6, 6.07) is 13.4. The number of benzene rings is 2. The van der Waals surface area contributed by atoms with E-state index in [1.807, 2.05) is 6.92 Å². The van der Waals surface area contributed by atoms with E-state index in [-0.39, 0.29) is 10.8 Å². The Hall–Kier alpha value is -2.38. The number of anilines is 1. The molecule has 0 spiro atoms. The van der Waals surface area contributed by atoms with Crippen molar-refractivity contribution in [2.45, 2.75) is 38.0 Å². The van der Waals surface area contributed by atoms with Crippen molar-refractivity contribution in [3.8, 4) is 0 Å². The summed E-state index contributed by atoms with van der Waals surface area (Å²) >= 11 is 0. The second-order valence-electron chi connectivity index (χ2n) is 8.49. The van der Waals surface area contributed by atoms with Crippen LogP contribution in [0.5, 0.6) is 0 Å². The minimum absolute atomic E-state index is 0.136. The predicted molar refractivity (Wildman–Crippen MR) is 125 cm³/mol. The lowest BCUT2D eigenvalue weighted by atomic mass is 10.0. The van der Waals surface area contributed by atoms with E-state index < -0.39 is 10.0 Å². The smallest absolute Gasteiger partial charge is 0.264 e. The highest BCUT2D eigenvalue weighted by molar-refractivity contribution is 7.92. The van der Waals surface area contributed by atoms with Crippen molar-refractivity contribution in [3.63, 3.8) is 0 Å². The van der Waals surface area contributed by atoms with Crippen LogP contribution < -0.4 is 9.62 Å². The molecule has 0 aromatic heterocycles. The van der Waals surface area contributed by atoms with Gasteiger partial charge in [0.25, 0.3) is 15.9 Å². The minimum atomic E-state index is -3.65. The number of aryl methyl sites for hydroxylation is 1. The maximum atomic E-state index is 12.8. The number of hydrogen-bond acceptors (Lipinski definition) is 4. The fourth-order valence-electron chi connectivity index (χ4n) is 3.93. The number of nitrogens with one attached hydrogen (secondary N) is 1. The molecule has 2 aromatic rings. The van der Waals surface area contributed by atoms with E-state index in [2.05, 4.69) is 17.1 Å². The summed E-state index contributed by atoms with van der Waals surface area (Å²) < 4.78 is 26.9. The lowest BCUT2D eigenvalue weighted by molar-refractivity contribution is 0.0950. The first-order valence-corrected chi connectivity index (χ1v) is 12.4. The van der Waals surface area contributed by atoms with Gasteiger partial charge in [-0.1, -0.05) is 24.6 Å². The van der Waals surface area contributed by atoms with E-state index in [4.69, 9.17) is 0 Å². The monoisotopic (exact) mass is 443 g/mol. The number of sulfonamides is 1. The molecule has 0 bridgehead atoms. The molecule has 1 aliphatic rings. The quantitative estimate of drug-likeness (QED) is 0.632. The van der Waals surface area contributed by atoms with Gasteiger partial charge >= 0.3 is 0 Å². The number of carbonyl (C=O) groups is 1. The van der Waals surface area contributed by atoms with Gasteiger partial charge in [-0.3, -0.25) is 9.10 Å². The van der Waals surface area contributed by atoms with E-state index >= 15 is 0 Å². The Morgan fingerprint density at radius 2 is 1.81 bits per heavy atom. The molecule has 1 unspecified atom stereocenters. The number of rotatable bonds is 8. The second kappa shape index (κ2) is 10.3. The van der Waals surface area contributed by atoms with Crippen molar-refractivity contribution in [3.05, 3.63) is 59.7 Å². The number of carbonyl (C=O) groups excluding carboxylic acids is 1. The first kappa shape index (κ1) is 23.3. The fraction of sp³-hybridized carbons (Fsp3) is 0.458. The Bertz CT molecular complexity index is 972. The normalized spacial score (nSPS) is 17.3. The van der Waals surface area contributed by atoms with Crippen LogP contribution in [0.1, 0.15) is 42.1 Å². The number of piperidine rings is 1. The molecule has 1 atom stereocenters. The number of likely N-dealkylation sites (tertiary alicyclic amines) is 1. The Morgan fingerprint density at radius 1 is 1.13 bits per heavy atom. The molecule has 1 aliphatic heterocycles. The Labute approximate surface area is 186 Å². The topological polar surface area (TPSA) is 69.7 Å². The third-order valence-corrected chi connectivity index (χ3v) is 7.65.